The van der Waals surface area contributed by atoms with Crippen LogP contribution in [-0.2, 0) is 9.68 Å². The molecule has 0 bridgehead atoms. The fraction of sp³-hybridized carbons (Fsp3) is 0.400. The van der Waals surface area contributed by atoms with Crippen LogP contribution in [0.15, 0.2) is 12.3 Å². The third-order valence-corrected chi connectivity index (χ3v) is 0.197. The molecular formula is C5H10O4. The van der Waals surface area contributed by atoms with Crippen LogP contribution in [0.4, 0.5) is 0 Å². The summed E-state index contributed by atoms with van der Waals surface area (Å²) < 4.78 is 0. The van der Waals surface area contributed by atoms with E-state index in [0.717, 1.165) is 6.92 Å². The first-order valence-electron chi connectivity index (χ1n) is 2.26. The van der Waals surface area contributed by atoms with E-state index in [-0.39, 0.29) is 0 Å². The van der Waals surface area contributed by atoms with Crippen LogP contribution in [0.2, 0.25) is 0 Å². The van der Waals surface area contributed by atoms with Gasteiger partial charge in [0.25, 0.3) is 5.97 Å². The summed E-state index contributed by atoms with van der Waals surface area (Å²) in [6.45, 7) is 2.83. The maximum atomic E-state index is 9.00. The molecule has 54 valence electrons. The number of hydrogen-bond donors (Lipinski definition) is 2. The van der Waals surface area contributed by atoms with E-state index in [1.807, 2.05) is 0 Å². The second-order valence-electron chi connectivity index (χ2n) is 1.09. The minimum Gasteiger partial charge on any atom is -0.481 e. The Balaban J connectivity index is 0. The normalized spacial score (nSPS) is 7.89. The fourth-order valence-electron chi connectivity index (χ4n) is 0.0609. The molecule has 0 aliphatic rings. The van der Waals surface area contributed by atoms with Crippen LogP contribution in [0.3, 0.4) is 0 Å². The molecule has 0 aromatic heterocycles. The molecule has 0 fully saturated rings. The minimum absolute atomic E-state index is 0.833. The molecule has 0 heterocycles. The quantitative estimate of drug-likeness (QED) is 0.320. The predicted molar refractivity (Wildman–Crippen MR) is 31.8 cm³/mol. The molecule has 0 saturated heterocycles. The number of hydrogen-bond acceptors (Lipinski definition) is 3. The van der Waals surface area contributed by atoms with Crippen LogP contribution in [-0.4, -0.2) is 16.3 Å². The highest BCUT2D eigenvalue weighted by atomic mass is 17.1. The predicted octanol–water partition coefficient (Wildman–Crippen LogP) is 1.10. The highest BCUT2D eigenvalue weighted by molar-refractivity contribution is 5.62. The lowest BCUT2D eigenvalue weighted by Crippen LogP contribution is -1.78. The van der Waals surface area contributed by atoms with Crippen LogP contribution in [0.1, 0.15) is 13.8 Å². The zero-order chi connectivity index (χ0) is 7.70. The maximum absolute atomic E-state index is 9.00. The summed E-state index contributed by atoms with van der Waals surface area (Å²) in [5.41, 5.74) is 0. The smallest absolute Gasteiger partial charge is 0.300 e. The Morgan fingerprint density at radius 3 is 2.00 bits per heavy atom. The summed E-state index contributed by atoms with van der Waals surface area (Å²) in [6, 6.07) is 0. The average molecular weight is 134 g/mol. The SMILES string of the molecule is CC(=O)O.CC=COO. The molecule has 9 heavy (non-hydrogen) atoms. The van der Waals surface area contributed by atoms with Crippen LogP contribution in [0.5, 0.6) is 0 Å². The summed E-state index contributed by atoms with van der Waals surface area (Å²) in [5.74, 6) is -0.833. The Kier molecular flexibility index (Phi) is 12.1. The van der Waals surface area contributed by atoms with Gasteiger partial charge in [-0.15, -0.1) is 0 Å². The lowest BCUT2D eigenvalue weighted by Gasteiger charge is -1.73. The number of carbonyl (C=O) groups is 1. The molecule has 0 unspecified atom stereocenters. The second kappa shape index (κ2) is 10.1. The zero-order valence-electron chi connectivity index (χ0n) is 5.37. The first-order valence-corrected chi connectivity index (χ1v) is 2.26. The van der Waals surface area contributed by atoms with E-state index < -0.39 is 5.97 Å². The molecule has 2 N–H and O–H groups in total. The summed E-state index contributed by atoms with van der Waals surface area (Å²) in [5, 5.41) is 14.9. The van der Waals surface area contributed by atoms with Crippen molar-refractivity contribution in [3.05, 3.63) is 12.3 Å². The minimum atomic E-state index is -0.833. The van der Waals surface area contributed by atoms with E-state index in [4.69, 9.17) is 15.2 Å². The van der Waals surface area contributed by atoms with Gasteiger partial charge in [0.05, 0.1) is 0 Å². The lowest BCUT2D eigenvalue weighted by molar-refractivity contribution is -0.186. The molecule has 0 saturated carbocycles. The standard InChI is InChI=1S/C3H6O2.C2H4O2/c1-2-3-5-4;1-2(3)4/h2-4H,1H3;1H3,(H,3,4). The van der Waals surface area contributed by atoms with Crippen molar-refractivity contribution in [1.82, 2.24) is 0 Å². The Morgan fingerprint density at radius 2 is 2.00 bits per heavy atom. The van der Waals surface area contributed by atoms with Crippen molar-refractivity contribution in [3.63, 3.8) is 0 Å². The number of rotatable bonds is 1. The van der Waals surface area contributed by atoms with Gasteiger partial charge in [0.15, 0.2) is 0 Å². The van der Waals surface area contributed by atoms with E-state index in [2.05, 4.69) is 4.89 Å². The van der Waals surface area contributed by atoms with Gasteiger partial charge in [-0.25, -0.2) is 5.26 Å². The van der Waals surface area contributed by atoms with Crippen molar-refractivity contribution < 1.29 is 20.0 Å². The molecule has 0 aromatic rings. The van der Waals surface area contributed by atoms with Crippen molar-refractivity contribution in [2.24, 2.45) is 0 Å². The summed E-state index contributed by atoms with van der Waals surface area (Å²) >= 11 is 0. The van der Waals surface area contributed by atoms with Crippen LogP contribution < -0.4 is 0 Å². The van der Waals surface area contributed by atoms with Gasteiger partial charge in [-0.3, -0.25) is 4.79 Å². The van der Waals surface area contributed by atoms with Gasteiger partial charge < -0.3 is 9.99 Å². The number of carboxylic acid groups (broad SMARTS) is 1. The van der Waals surface area contributed by atoms with Gasteiger partial charge in [0, 0.05) is 6.92 Å². The first kappa shape index (κ1) is 10.9. The Hall–Kier alpha value is -1.03. The van der Waals surface area contributed by atoms with Crippen molar-refractivity contribution in [3.8, 4) is 0 Å². The van der Waals surface area contributed by atoms with Gasteiger partial charge in [0.1, 0.15) is 6.26 Å². The molecule has 0 aliphatic carbocycles. The Morgan fingerprint density at radius 1 is 1.67 bits per heavy atom. The fourth-order valence-corrected chi connectivity index (χ4v) is 0.0609. The van der Waals surface area contributed by atoms with Gasteiger partial charge in [-0.05, 0) is 13.0 Å². The molecule has 0 radical (unpaired) electrons. The third-order valence-electron chi connectivity index (χ3n) is 0.197. The van der Waals surface area contributed by atoms with Gasteiger partial charge >= 0.3 is 0 Å². The topological polar surface area (TPSA) is 66.8 Å². The number of aliphatic carboxylic acids is 1. The molecule has 0 spiro atoms. The van der Waals surface area contributed by atoms with Crippen molar-refractivity contribution >= 4 is 5.97 Å². The molecule has 0 atom stereocenters. The molecular weight excluding hydrogens is 124 g/mol. The molecule has 0 rings (SSSR count). The number of carboxylic acids is 1. The van der Waals surface area contributed by atoms with E-state index in [1.54, 1.807) is 13.0 Å². The van der Waals surface area contributed by atoms with E-state index >= 15 is 0 Å². The van der Waals surface area contributed by atoms with Crippen molar-refractivity contribution in [2.75, 3.05) is 0 Å². The van der Waals surface area contributed by atoms with E-state index in [1.165, 1.54) is 6.26 Å². The summed E-state index contributed by atoms with van der Waals surface area (Å²) in [4.78, 5) is 12.5. The molecule has 4 nitrogen and oxygen atoms in total. The maximum Gasteiger partial charge on any atom is 0.300 e. The van der Waals surface area contributed by atoms with E-state index in [0.29, 0.717) is 0 Å². The highest BCUT2D eigenvalue weighted by Crippen LogP contribution is 1.63. The average Bonchev–Trinajstić information content (AvgIpc) is 1.66. The largest absolute Gasteiger partial charge is 0.481 e. The first-order chi connectivity index (χ1) is 4.15. The lowest BCUT2D eigenvalue weighted by atomic mass is 10.7. The molecule has 0 amide bonds. The molecule has 4 heteroatoms. The zero-order valence-corrected chi connectivity index (χ0v) is 5.37. The van der Waals surface area contributed by atoms with Crippen LogP contribution >= 0.6 is 0 Å². The highest BCUT2D eigenvalue weighted by Gasteiger charge is 1.65. The van der Waals surface area contributed by atoms with E-state index in [9.17, 15) is 0 Å². The molecule has 0 aromatic carbocycles. The summed E-state index contributed by atoms with van der Waals surface area (Å²) in [7, 11) is 0. The van der Waals surface area contributed by atoms with Gasteiger partial charge in [-0.2, -0.15) is 0 Å². The Labute approximate surface area is 53.3 Å². The van der Waals surface area contributed by atoms with Crippen LogP contribution in [0, 0.1) is 0 Å². The molecule has 0 aliphatic heterocycles. The van der Waals surface area contributed by atoms with Gasteiger partial charge in [0.2, 0.25) is 0 Å². The Bertz CT molecular complexity index is 83.0. The van der Waals surface area contributed by atoms with Crippen molar-refractivity contribution in [1.29, 1.82) is 0 Å². The monoisotopic (exact) mass is 134 g/mol. The second-order valence-corrected chi connectivity index (χ2v) is 1.09. The number of allylic oxidation sites excluding steroid dienone is 1. The summed E-state index contributed by atoms with van der Waals surface area (Å²) in [6.07, 6.45) is 2.76. The van der Waals surface area contributed by atoms with Crippen LogP contribution in [0.25, 0.3) is 0 Å². The third kappa shape index (κ3) is 183. The van der Waals surface area contributed by atoms with Gasteiger partial charge in [-0.1, -0.05) is 0 Å². The van der Waals surface area contributed by atoms with Crippen molar-refractivity contribution in [2.45, 2.75) is 13.8 Å².